The van der Waals surface area contributed by atoms with Gasteiger partial charge in [-0.3, -0.25) is 4.72 Å². The van der Waals surface area contributed by atoms with Gasteiger partial charge in [-0.05, 0) is 49.3 Å². The lowest BCUT2D eigenvalue weighted by molar-refractivity contribution is 0.597. The average Bonchev–Trinajstić information content (AvgIpc) is 3.12. The Bertz CT molecular complexity index is 550. The summed E-state index contributed by atoms with van der Waals surface area (Å²) in [5.41, 5.74) is 2.91. The maximum Gasteiger partial charge on any atom is 0.233 e. The van der Waals surface area contributed by atoms with E-state index in [1.807, 2.05) is 18.2 Å². The molecule has 1 saturated carbocycles. The van der Waals surface area contributed by atoms with Crippen LogP contribution in [0, 0.1) is 5.92 Å². The van der Waals surface area contributed by atoms with Gasteiger partial charge in [0.1, 0.15) is 0 Å². The molecule has 1 aromatic rings. The van der Waals surface area contributed by atoms with Gasteiger partial charge in [0, 0.05) is 12.2 Å². The smallest absolute Gasteiger partial charge is 0.233 e. The van der Waals surface area contributed by atoms with Crippen molar-refractivity contribution in [1.82, 2.24) is 0 Å². The van der Waals surface area contributed by atoms with Crippen LogP contribution in [0.2, 0.25) is 0 Å². The Morgan fingerprint density at radius 1 is 1.33 bits per heavy atom. The molecule has 0 spiro atoms. The second-order valence-corrected chi connectivity index (χ2v) is 6.96. The van der Waals surface area contributed by atoms with E-state index in [0.29, 0.717) is 5.92 Å². The summed E-state index contributed by atoms with van der Waals surface area (Å²) >= 11 is 0. The van der Waals surface area contributed by atoms with E-state index < -0.39 is 10.0 Å². The molecule has 2 N–H and O–H groups in total. The van der Waals surface area contributed by atoms with Crippen molar-refractivity contribution >= 4 is 21.4 Å². The van der Waals surface area contributed by atoms with E-state index in [2.05, 4.69) is 10.0 Å². The van der Waals surface area contributed by atoms with Gasteiger partial charge in [-0.2, -0.15) is 0 Å². The van der Waals surface area contributed by atoms with E-state index in [1.165, 1.54) is 0 Å². The molecule has 0 radical (unpaired) electrons. The number of benzene rings is 1. The van der Waals surface area contributed by atoms with Gasteiger partial charge in [0.15, 0.2) is 0 Å². The molecule has 1 heterocycles. The fourth-order valence-corrected chi connectivity index (χ4v) is 3.97. The minimum absolute atomic E-state index is 0.268. The number of sulfonamides is 1. The molecule has 1 aliphatic carbocycles. The molecule has 98 valence electrons. The lowest BCUT2D eigenvalue weighted by Gasteiger charge is -2.21. The first kappa shape index (κ1) is 11.8. The van der Waals surface area contributed by atoms with E-state index >= 15 is 0 Å². The summed E-state index contributed by atoms with van der Waals surface area (Å²) in [4.78, 5) is 0. The highest BCUT2D eigenvalue weighted by Gasteiger charge is 2.28. The summed E-state index contributed by atoms with van der Waals surface area (Å²) in [6, 6.07) is 5.76. The fourth-order valence-electron chi connectivity index (χ4n) is 2.41. The normalized spacial score (nSPS) is 18.9. The Labute approximate surface area is 108 Å². The Morgan fingerprint density at radius 2 is 2.17 bits per heavy atom. The van der Waals surface area contributed by atoms with Gasteiger partial charge in [0.05, 0.1) is 11.4 Å². The number of hydrogen-bond donors (Lipinski definition) is 2. The Balaban J connectivity index is 1.83. The number of nitrogens with one attached hydrogen (secondary N) is 2. The predicted molar refractivity (Wildman–Crippen MR) is 73.4 cm³/mol. The first-order valence-corrected chi connectivity index (χ1v) is 8.15. The molecule has 3 rings (SSSR count). The van der Waals surface area contributed by atoms with Crippen LogP contribution in [0.1, 0.15) is 24.8 Å². The van der Waals surface area contributed by atoms with Crippen molar-refractivity contribution in [2.75, 3.05) is 22.3 Å². The van der Waals surface area contributed by atoms with E-state index in [0.717, 1.165) is 49.2 Å². The van der Waals surface area contributed by atoms with Crippen LogP contribution in [0.5, 0.6) is 0 Å². The van der Waals surface area contributed by atoms with Gasteiger partial charge < -0.3 is 5.32 Å². The van der Waals surface area contributed by atoms with E-state index in [-0.39, 0.29) is 5.75 Å². The fraction of sp³-hybridized carbons (Fsp3) is 0.538. The Morgan fingerprint density at radius 3 is 2.94 bits per heavy atom. The van der Waals surface area contributed by atoms with Crippen LogP contribution in [0.25, 0.3) is 0 Å². The molecule has 4 nitrogen and oxygen atoms in total. The third kappa shape index (κ3) is 2.61. The summed E-state index contributed by atoms with van der Waals surface area (Å²) in [7, 11) is -3.18. The SMILES string of the molecule is O=S(=O)(CC1CC1)Nc1cccc2c1CCCN2. The summed E-state index contributed by atoms with van der Waals surface area (Å²) in [5, 5.41) is 3.31. The van der Waals surface area contributed by atoms with Gasteiger partial charge in [-0.1, -0.05) is 6.07 Å². The van der Waals surface area contributed by atoms with Gasteiger partial charge in [0.25, 0.3) is 0 Å². The molecule has 0 aromatic heterocycles. The third-order valence-corrected chi connectivity index (χ3v) is 4.95. The molecule has 0 bridgehead atoms. The maximum absolute atomic E-state index is 12.0. The monoisotopic (exact) mass is 266 g/mol. The van der Waals surface area contributed by atoms with Crippen LogP contribution < -0.4 is 10.0 Å². The quantitative estimate of drug-likeness (QED) is 0.878. The molecular formula is C13H18N2O2S. The topological polar surface area (TPSA) is 58.2 Å². The molecule has 0 unspecified atom stereocenters. The van der Waals surface area contributed by atoms with Crippen molar-refractivity contribution in [3.8, 4) is 0 Å². The number of anilines is 2. The minimum Gasteiger partial charge on any atom is -0.385 e. The first-order chi connectivity index (χ1) is 8.64. The highest BCUT2D eigenvalue weighted by atomic mass is 32.2. The van der Waals surface area contributed by atoms with Crippen LogP contribution >= 0.6 is 0 Å². The Kier molecular flexibility index (Phi) is 2.93. The van der Waals surface area contributed by atoms with Gasteiger partial charge in [-0.15, -0.1) is 0 Å². The van der Waals surface area contributed by atoms with Crippen molar-refractivity contribution in [3.63, 3.8) is 0 Å². The van der Waals surface area contributed by atoms with E-state index in [1.54, 1.807) is 0 Å². The number of hydrogen-bond acceptors (Lipinski definition) is 3. The van der Waals surface area contributed by atoms with Crippen LogP contribution in [0.4, 0.5) is 11.4 Å². The second kappa shape index (κ2) is 4.46. The molecule has 5 heteroatoms. The van der Waals surface area contributed by atoms with Crippen molar-refractivity contribution in [1.29, 1.82) is 0 Å². The van der Waals surface area contributed by atoms with Gasteiger partial charge in [0.2, 0.25) is 10.0 Å². The number of rotatable bonds is 4. The summed E-state index contributed by atoms with van der Waals surface area (Å²) < 4.78 is 26.8. The van der Waals surface area contributed by atoms with Crippen molar-refractivity contribution in [3.05, 3.63) is 23.8 Å². The zero-order chi connectivity index (χ0) is 12.6. The largest absolute Gasteiger partial charge is 0.385 e. The maximum atomic E-state index is 12.0. The lowest BCUT2D eigenvalue weighted by Crippen LogP contribution is -2.20. The zero-order valence-corrected chi connectivity index (χ0v) is 11.1. The molecule has 1 aromatic carbocycles. The number of fused-ring (bicyclic) bond motifs is 1. The molecule has 0 amide bonds. The molecule has 1 fully saturated rings. The standard InChI is InChI=1S/C13H18N2O2S/c16-18(17,9-10-6-7-10)15-13-5-1-4-12-11(13)3-2-8-14-12/h1,4-5,10,14-15H,2-3,6-9H2. The molecule has 18 heavy (non-hydrogen) atoms. The second-order valence-electron chi connectivity index (χ2n) is 5.19. The molecule has 0 saturated heterocycles. The summed E-state index contributed by atoms with van der Waals surface area (Å²) in [6.45, 7) is 0.964. The van der Waals surface area contributed by atoms with Crippen molar-refractivity contribution in [2.24, 2.45) is 5.92 Å². The molecule has 1 aliphatic heterocycles. The molecule has 2 aliphatic rings. The minimum atomic E-state index is -3.18. The third-order valence-electron chi connectivity index (χ3n) is 3.51. The van der Waals surface area contributed by atoms with Crippen LogP contribution in [0.15, 0.2) is 18.2 Å². The van der Waals surface area contributed by atoms with Crippen molar-refractivity contribution < 1.29 is 8.42 Å². The van der Waals surface area contributed by atoms with Crippen LogP contribution in [-0.4, -0.2) is 20.7 Å². The van der Waals surface area contributed by atoms with Gasteiger partial charge in [-0.25, -0.2) is 8.42 Å². The van der Waals surface area contributed by atoms with Crippen LogP contribution in [0.3, 0.4) is 0 Å². The predicted octanol–water partition coefficient (Wildman–Crippen LogP) is 2.20. The highest BCUT2D eigenvalue weighted by Crippen LogP contribution is 2.33. The lowest BCUT2D eigenvalue weighted by atomic mass is 10.0. The first-order valence-electron chi connectivity index (χ1n) is 6.50. The van der Waals surface area contributed by atoms with Crippen LogP contribution in [-0.2, 0) is 16.4 Å². The summed E-state index contributed by atoms with van der Waals surface area (Å²) in [5.74, 6) is 0.643. The highest BCUT2D eigenvalue weighted by molar-refractivity contribution is 7.92. The molecular weight excluding hydrogens is 248 g/mol. The van der Waals surface area contributed by atoms with Crippen molar-refractivity contribution in [2.45, 2.75) is 25.7 Å². The average molecular weight is 266 g/mol. The zero-order valence-electron chi connectivity index (χ0n) is 10.3. The van der Waals surface area contributed by atoms with E-state index in [9.17, 15) is 8.42 Å². The van der Waals surface area contributed by atoms with Gasteiger partial charge >= 0.3 is 0 Å². The Hall–Kier alpha value is -1.23. The summed E-state index contributed by atoms with van der Waals surface area (Å²) in [6.07, 6.45) is 4.09. The van der Waals surface area contributed by atoms with E-state index in [4.69, 9.17) is 0 Å². The molecule has 0 atom stereocenters.